The third-order valence-corrected chi connectivity index (χ3v) is 3.34. The summed E-state index contributed by atoms with van der Waals surface area (Å²) in [5, 5.41) is 8.32. The second-order valence-electron chi connectivity index (χ2n) is 5.03. The van der Waals surface area contributed by atoms with Gasteiger partial charge in [0.2, 0.25) is 0 Å². The third-order valence-electron chi connectivity index (χ3n) is 3.34. The van der Waals surface area contributed by atoms with Gasteiger partial charge in [-0.3, -0.25) is 0 Å². The van der Waals surface area contributed by atoms with Gasteiger partial charge in [0.05, 0.1) is 0 Å². The van der Waals surface area contributed by atoms with Crippen molar-refractivity contribution in [3.63, 3.8) is 0 Å². The number of anilines is 1. The van der Waals surface area contributed by atoms with Gasteiger partial charge in [-0.15, -0.1) is 11.6 Å². The molecule has 0 amide bonds. The fraction of sp³-hybridized carbons (Fsp3) is 0.0556. The third kappa shape index (κ3) is 3.92. The second-order valence-corrected chi connectivity index (χ2v) is 5.03. The molecule has 0 unspecified atom stereocenters. The molecule has 0 bridgehead atoms. The number of pyridine rings is 1. The van der Waals surface area contributed by atoms with E-state index < -0.39 is 5.97 Å². The van der Waals surface area contributed by atoms with Gasteiger partial charge in [0, 0.05) is 11.9 Å². The number of para-hydroxylation sites is 1. The summed E-state index contributed by atoms with van der Waals surface area (Å²) in [7, 11) is 2.03. The van der Waals surface area contributed by atoms with Crippen molar-refractivity contribution in [1.82, 2.24) is 9.88 Å². The Morgan fingerprint density at radius 1 is 1.25 bits per heavy atom. The topological polar surface area (TPSA) is 56.7 Å². The van der Waals surface area contributed by atoms with E-state index >= 15 is 0 Å². The van der Waals surface area contributed by atoms with Gasteiger partial charge < -0.3 is 14.9 Å². The van der Waals surface area contributed by atoms with Crippen LogP contribution < -0.4 is 4.90 Å². The Kier molecular flexibility index (Phi) is 5.93. The molecule has 0 spiro atoms. The average molecular weight is 500 g/mol. The first-order valence-corrected chi connectivity index (χ1v) is 7.06. The molecule has 0 aliphatic carbocycles. The van der Waals surface area contributed by atoms with Gasteiger partial charge >= 0.3 is 27.0 Å². The number of hydrogen-bond donors (Lipinski definition) is 1. The van der Waals surface area contributed by atoms with Gasteiger partial charge in [0.15, 0.2) is 0 Å². The Labute approximate surface area is 155 Å². The van der Waals surface area contributed by atoms with Crippen LogP contribution >= 0.6 is 0 Å². The molecule has 1 N–H and O–H groups in total. The average Bonchev–Trinajstić information content (AvgIpc) is 2.97. The molecular formula is C18H15N3O2Pt. The molecule has 5 nitrogen and oxygen atoms in total. The first-order valence-electron chi connectivity index (χ1n) is 7.06. The number of aromatic carboxylic acids is 1. The molecule has 2 aliphatic heterocycles. The monoisotopic (exact) mass is 500 g/mol. The van der Waals surface area contributed by atoms with Crippen LogP contribution in [-0.4, -0.2) is 28.0 Å². The normalized spacial score (nSPS) is 13.8. The number of carboxylic acids is 1. The maximum atomic E-state index is 10.1. The summed E-state index contributed by atoms with van der Waals surface area (Å²) < 4.78 is 0. The standard InChI is InChI=1S/C12H10N2.C6H5NO2.Pt/c1-13-8-11-7-6-10-4-2-3-5-12(10)14(11)9-13;8-6(9)5-3-1-2-4-7-5;/h2-4,6-9H,1H3;1-4H,(H,8,9);/q-2;;+2. The second kappa shape index (κ2) is 7.93. The van der Waals surface area contributed by atoms with Gasteiger partial charge in [0.25, 0.3) is 0 Å². The van der Waals surface area contributed by atoms with Gasteiger partial charge in [-0.25, -0.2) is 9.78 Å². The number of aromatic nitrogens is 1. The minimum absolute atomic E-state index is 0. The molecule has 4 rings (SSSR count). The number of hydrogen-bond acceptors (Lipinski definition) is 4. The number of fused-ring (bicyclic) bond motifs is 3. The van der Waals surface area contributed by atoms with Crippen LogP contribution in [0.3, 0.4) is 0 Å². The van der Waals surface area contributed by atoms with Gasteiger partial charge in [-0.05, 0) is 25.4 Å². The molecule has 2 aromatic rings. The summed E-state index contributed by atoms with van der Waals surface area (Å²) in [6.07, 6.45) is 7.79. The van der Waals surface area contributed by atoms with Crippen LogP contribution in [0.4, 0.5) is 5.69 Å². The summed E-state index contributed by atoms with van der Waals surface area (Å²) in [4.78, 5) is 17.9. The Bertz CT molecular complexity index is 775. The summed E-state index contributed by atoms with van der Waals surface area (Å²) in [5.74, 6) is -0.990. The van der Waals surface area contributed by atoms with Crippen LogP contribution in [0.25, 0.3) is 6.08 Å². The minimum Gasteiger partial charge on any atom is -0.510 e. The Morgan fingerprint density at radius 2 is 2.08 bits per heavy atom. The molecule has 0 fully saturated rings. The van der Waals surface area contributed by atoms with Crippen molar-refractivity contribution >= 4 is 17.7 Å². The largest absolute Gasteiger partial charge is 2.00 e. The molecule has 124 valence electrons. The van der Waals surface area contributed by atoms with E-state index in [0.717, 1.165) is 5.69 Å². The van der Waals surface area contributed by atoms with Crippen LogP contribution in [0.15, 0.2) is 60.6 Å². The van der Waals surface area contributed by atoms with E-state index in [-0.39, 0.29) is 26.8 Å². The number of rotatable bonds is 1. The number of benzene rings is 1. The zero-order chi connectivity index (χ0) is 16.2. The van der Waals surface area contributed by atoms with E-state index in [1.54, 1.807) is 12.1 Å². The number of carbonyl (C=O) groups is 1. The number of nitrogens with zero attached hydrogens (tertiary/aromatic N) is 3. The summed E-state index contributed by atoms with van der Waals surface area (Å²) >= 11 is 0. The van der Waals surface area contributed by atoms with Crippen molar-refractivity contribution < 1.29 is 31.0 Å². The predicted molar refractivity (Wildman–Crippen MR) is 88.1 cm³/mol. The van der Waals surface area contributed by atoms with E-state index in [9.17, 15) is 4.79 Å². The van der Waals surface area contributed by atoms with E-state index in [1.165, 1.54) is 23.5 Å². The zero-order valence-electron chi connectivity index (χ0n) is 12.9. The molecule has 1 aromatic heterocycles. The van der Waals surface area contributed by atoms with Gasteiger partial charge in [0.1, 0.15) is 5.69 Å². The first kappa shape index (κ1) is 18.0. The molecule has 3 heterocycles. The maximum Gasteiger partial charge on any atom is 2.00 e. The first-order chi connectivity index (χ1) is 11.1. The number of allylic oxidation sites excluding steroid dienone is 1. The molecule has 6 heteroatoms. The van der Waals surface area contributed by atoms with E-state index in [1.807, 2.05) is 19.2 Å². The van der Waals surface area contributed by atoms with Gasteiger partial charge in [-0.2, -0.15) is 30.9 Å². The molecule has 24 heavy (non-hydrogen) atoms. The van der Waals surface area contributed by atoms with E-state index in [2.05, 4.69) is 51.9 Å². The summed E-state index contributed by atoms with van der Waals surface area (Å²) in [6, 6.07) is 14.1. The SMILES string of the molecule is CN1C=C2C=Cc3ccc[c-]c3N2[CH-]1.O=C(O)c1ccccn1.[Pt+2]. The van der Waals surface area contributed by atoms with Gasteiger partial charge in [-0.1, -0.05) is 17.8 Å². The number of carboxylic acid groups (broad SMARTS) is 1. The van der Waals surface area contributed by atoms with Crippen molar-refractivity contribution in [2.75, 3.05) is 11.9 Å². The molecule has 0 radical (unpaired) electrons. The Hall–Kier alpha value is -2.39. The molecule has 0 saturated carbocycles. The Morgan fingerprint density at radius 3 is 2.75 bits per heavy atom. The Balaban J connectivity index is 0.000000183. The van der Waals surface area contributed by atoms with Crippen LogP contribution in [0.2, 0.25) is 0 Å². The quantitative estimate of drug-likeness (QED) is 0.611. The predicted octanol–water partition coefficient (Wildman–Crippen LogP) is 3.00. The van der Waals surface area contributed by atoms with Crippen molar-refractivity contribution in [3.8, 4) is 0 Å². The fourth-order valence-corrected chi connectivity index (χ4v) is 2.31. The smallest absolute Gasteiger partial charge is 0.510 e. The molecule has 2 aliphatic rings. The molecule has 0 atom stereocenters. The fourth-order valence-electron chi connectivity index (χ4n) is 2.31. The maximum absolute atomic E-state index is 10.1. The molecule has 0 saturated heterocycles. The van der Waals surface area contributed by atoms with Crippen molar-refractivity contribution in [2.24, 2.45) is 0 Å². The minimum atomic E-state index is -0.990. The van der Waals surface area contributed by atoms with E-state index in [4.69, 9.17) is 5.11 Å². The summed E-state index contributed by atoms with van der Waals surface area (Å²) in [5.41, 5.74) is 3.63. The van der Waals surface area contributed by atoms with Crippen LogP contribution in [0.5, 0.6) is 0 Å². The van der Waals surface area contributed by atoms with Crippen LogP contribution in [-0.2, 0) is 21.1 Å². The zero-order valence-corrected chi connectivity index (χ0v) is 15.1. The molecular weight excluding hydrogens is 485 g/mol. The van der Waals surface area contributed by atoms with E-state index in [0.29, 0.717) is 0 Å². The van der Waals surface area contributed by atoms with Crippen molar-refractivity contribution in [3.05, 3.63) is 84.6 Å². The van der Waals surface area contributed by atoms with Crippen molar-refractivity contribution in [2.45, 2.75) is 0 Å². The molecule has 1 aromatic carbocycles. The van der Waals surface area contributed by atoms with Crippen molar-refractivity contribution in [1.29, 1.82) is 0 Å². The summed E-state index contributed by atoms with van der Waals surface area (Å²) in [6.45, 7) is 2.06. The van der Waals surface area contributed by atoms with Crippen LogP contribution in [0, 0.1) is 12.7 Å². The van der Waals surface area contributed by atoms with Crippen LogP contribution in [0.1, 0.15) is 16.1 Å².